The number of imidazole rings is 1. The van der Waals surface area contributed by atoms with Gasteiger partial charge in [0.05, 0.1) is 17.6 Å². The first-order valence-corrected chi connectivity index (χ1v) is 8.68. The number of anilines is 1. The van der Waals surface area contributed by atoms with Crippen LogP contribution in [-0.2, 0) is 22.6 Å². The molecule has 6 nitrogen and oxygen atoms in total. The molecule has 0 saturated heterocycles. The van der Waals surface area contributed by atoms with Gasteiger partial charge in [-0.15, -0.1) is 0 Å². The van der Waals surface area contributed by atoms with Crippen molar-refractivity contribution in [2.24, 2.45) is 0 Å². The number of carbonyl (C=O) groups is 1. The van der Waals surface area contributed by atoms with E-state index in [1.54, 1.807) is 7.11 Å². The Kier molecular flexibility index (Phi) is 5.86. The normalized spacial score (nSPS) is 12.1. The van der Waals surface area contributed by atoms with E-state index in [4.69, 9.17) is 4.74 Å². The van der Waals surface area contributed by atoms with Crippen LogP contribution in [0.3, 0.4) is 0 Å². The highest BCUT2D eigenvalue weighted by Gasteiger charge is 2.14. The predicted octanol–water partition coefficient (Wildman–Crippen LogP) is 2.80. The number of benzene rings is 2. The SMILES string of the molecule is COC[C@H](C)NC(=O)Cn1c(NCc2ccccc2)nc2ccccc21. The third-order valence-electron chi connectivity index (χ3n) is 4.07. The largest absolute Gasteiger partial charge is 0.383 e. The van der Waals surface area contributed by atoms with Crippen molar-refractivity contribution < 1.29 is 9.53 Å². The Bertz CT molecular complexity index is 861. The van der Waals surface area contributed by atoms with Crippen LogP contribution in [0.1, 0.15) is 12.5 Å². The summed E-state index contributed by atoms with van der Waals surface area (Å²) in [6, 6.07) is 17.9. The Labute approximate surface area is 153 Å². The molecule has 0 spiro atoms. The van der Waals surface area contributed by atoms with Crippen molar-refractivity contribution in [3.63, 3.8) is 0 Å². The van der Waals surface area contributed by atoms with Gasteiger partial charge in [-0.1, -0.05) is 42.5 Å². The Balaban J connectivity index is 1.79. The van der Waals surface area contributed by atoms with E-state index >= 15 is 0 Å². The van der Waals surface area contributed by atoms with Crippen molar-refractivity contribution >= 4 is 22.9 Å². The van der Waals surface area contributed by atoms with Gasteiger partial charge < -0.3 is 19.9 Å². The summed E-state index contributed by atoms with van der Waals surface area (Å²) in [5, 5.41) is 6.29. The molecular formula is C20H24N4O2. The highest BCUT2D eigenvalue weighted by atomic mass is 16.5. The van der Waals surface area contributed by atoms with Crippen molar-refractivity contribution in [3.05, 3.63) is 60.2 Å². The Morgan fingerprint density at radius 1 is 1.15 bits per heavy atom. The molecule has 2 aromatic carbocycles. The molecule has 3 aromatic rings. The van der Waals surface area contributed by atoms with Gasteiger partial charge in [-0.25, -0.2) is 4.98 Å². The summed E-state index contributed by atoms with van der Waals surface area (Å²) in [6.45, 7) is 3.25. The zero-order valence-corrected chi connectivity index (χ0v) is 15.1. The average Bonchev–Trinajstić information content (AvgIpc) is 2.98. The fraction of sp³-hybridized carbons (Fsp3) is 0.300. The van der Waals surface area contributed by atoms with E-state index in [0.29, 0.717) is 19.1 Å². The molecule has 0 unspecified atom stereocenters. The minimum atomic E-state index is -0.0690. The number of para-hydroxylation sites is 2. The summed E-state index contributed by atoms with van der Waals surface area (Å²) in [7, 11) is 1.62. The van der Waals surface area contributed by atoms with Crippen LogP contribution in [0.4, 0.5) is 5.95 Å². The van der Waals surface area contributed by atoms with Gasteiger partial charge in [0.1, 0.15) is 6.54 Å². The number of nitrogens with one attached hydrogen (secondary N) is 2. The smallest absolute Gasteiger partial charge is 0.240 e. The molecule has 3 rings (SSSR count). The standard InChI is InChI=1S/C20H24N4O2/c1-15(14-26-2)22-19(25)13-24-18-11-7-6-10-17(18)23-20(24)21-12-16-8-4-3-5-9-16/h3-11,15H,12-14H2,1-2H3,(H,21,23)(H,22,25)/t15-/m0/s1. The van der Waals surface area contributed by atoms with Crippen LogP contribution in [-0.4, -0.2) is 35.2 Å². The van der Waals surface area contributed by atoms with Crippen molar-refractivity contribution in [1.29, 1.82) is 0 Å². The molecule has 0 aliphatic rings. The third kappa shape index (κ3) is 4.40. The van der Waals surface area contributed by atoms with E-state index in [1.807, 2.05) is 54.0 Å². The number of hydrogen-bond acceptors (Lipinski definition) is 4. The molecule has 1 amide bonds. The number of fused-ring (bicyclic) bond motifs is 1. The number of carbonyl (C=O) groups excluding carboxylic acids is 1. The van der Waals surface area contributed by atoms with Crippen molar-refractivity contribution in [3.8, 4) is 0 Å². The van der Waals surface area contributed by atoms with E-state index < -0.39 is 0 Å². The van der Waals surface area contributed by atoms with Crippen molar-refractivity contribution in [2.75, 3.05) is 19.0 Å². The second-order valence-electron chi connectivity index (χ2n) is 6.27. The van der Waals surface area contributed by atoms with Gasteiger partial charge in [-0.3, -0.25) is 4.79 Å². The van der Waals surface area contributed by atoms with Gasteiger partial charge in [0.15, 0.2) is 0 Å². The van der Waals surface area contributed by atoms with Crippen LogP contribution in [0.15, 0.2) is 54.6 Å². The molecular weight excluding hydrogens is 328 g/mol. The number of nitrogens with zero attached hydrogens (tertiary/aromatic N) is 2. The fourth-order valence-electron chi connectivity index (χ4n) is 2.90. The zero-order chi connectivity index (χ0) is 18.4. The highest BCUT2D eigenvalue weighted by molar-refractivity contribution is 5.83. The predicted molar refractivity (Wildman–Crippen MR) is 103 cm³/mol. The number of amides is 1. The summed E-state index contributed by atoms with van der Waals surface area (Å²) in [5.74, 6) is 0.616. The second-order valence-corrected chi connectivity index (χ2v) is 6.27. The maximum absolute atomic E-state index is 12.4. The first kappa shape index (κ1) is 17.9. The van der Waals surface area contributed by atoms with Gasteiger partial charge in [-0.2, -0.15) is 0 Å². The topological polar surface area (TPSA) is 68.2 Å². The van der Waals surface area contributed by atoms with E-state index in [1.165, 1.54) is 0 Å². The van der Waals surface area contributed by atoms with E-state index in [9.17, 15) is 4.79 Å². The minimum absolute atomic E-state index is 0.0389. The molecule has 2 N–H and O–H groups in total. The zero-order valence-electron chi connectivity index (χ0n) is 15.1. The summed E-state index contributed by atoms with van der Waals surface area (Å²) in [5.41, 5.74) is 2.95. The van der Waals surface area contributed by atoms with E-state index in [-0.39, 0.29) is 18.5 Å². The van der Waals surface area contributed by atoms with Crippen LogP contribution in [0, 0.1) is 0 Å². The molecule has 0 radical (unpaired) electrons. The monoisotopic (exact) mass is 352 g/mol. The Morgan fingerprint density at radius 2 is 1.88 bits per heavy atom. The number of aromatic nitrogens is 2. The van der Waals surface area contributed by atoms with E-state index in [2.05, 4.69) is 27.8 Å². The lowest BCUT2D eigenvalue weighted by Gasteiger charge is -2.15. The molecule has 26 heavy (non-hydrogen) atoms. The lowest BCUT2D eigenvalue weighted by Crippen LogP contribution is -2.37. The Morgan fingerprint density at radius 3 is 2.65 bits per heavy atom. The van der Waals surface area contributed by atoms with Crippen LogP contribution < -0.4 is 10.6 Å². The number of hydrogen-bond donors (Lipinski definition) is 2. The van der Waals surface area contributed by atoms with E-state index in [0.717, 1.165) is 16.6 Å². The number of methoxy groups -OCH3 is 1. The molecule has 0 bridgehead atoms. The molecule has 1 atom stereocenters. The minimum Gasteiger partial charge on any atom is -0.383 e. The molecule has 1 heterocycles. The van der Waals surface area contributed by atoms with Crippen LogP contribution >= 0.6 is 0 Å². The van der Waals surface area contributed by atoms with Gasteiger partial charge in [0.2, 0.25) is 11.9 Å². The van der Waals surface area contributed by atoms with Crippen molar-refractivity contribution in [1.82, 2.24) is 14.9 Å². The number of rotatable bonds is 8. The van der Waals surface area contributed by atoms with Gasteiger partial charge >= 0.3 is 0 Å². The molecule has 6 heteroatoms. The fourth-order valence-corrected chi connectivity index (χ4v) is 2.90. The first-order valence-electron chi connectivity index (χ1n) is 8.68. The molecule has 0 aliphatic heterocycles. The quantitative estimate of drug-likeness (QED) is 0.654. The molecule has 0 saturated carbocycles. The molecule has 136 valence electrons. The van der Waals surface area contributed by atoms with Crippen LogP contribution in [0.2, 0.25) is 0 Å². The first-order chi connectivity index (χ1) is 12.7. The summed E-state index contributed by atoms with van der Waals surface area (Å²) >= 11 is 0. The van der Waals surface area contributed by atoms with Gasteiger partial charge in [0, 0.05) is 19.7 Å². The lowest BCUT2D eigenvalue weighted by molar-refractivity contribution is -0.122. The molecule has 0 fully saturated rings. The third-order valence-corrected chi connectivity index (χ3v) is 4.07. The molecule has 0 aliphatic carbocycles. The van der Waals surface area contributed by atoms with Crippen LogP contribution in [0.5, 0.6) is 0 Å². The highest BCUT2D eigenvalue weighted by Crippen LogP contribution is 2.20. The van der Waals surface area contributed by atoms with Gasteiger partial charge in [-0.05, 0) is 24.6 Å². The maximum Gasteiger partial charge on any atom is 0.240 e. The average molecular weight is 352 g/mol. The summed E-state index contributed by atoms with van der Waals surface area (Å²) in [4.78, 5) is 17.1. The summed E-state index contributed by atoms with van der Waals surface area (Å²) < 4.78 is 6.98. The second kappa shape index (κ2) is 8.49. The summed E-state index contributed by atoms with van der Waals surface area (Å²) in [6.07, 6.45) is 0. The molecule has 1 aromatic heterocycles. The van der Waals surface area contributed by atoms with Gasteiger partial charge in [0.25, 0.3) is 0 Å². The Hall–Kier alpha value is -2.86. The number of ether oxygens (including phenoxy) is 1. The lowest BCUT2D eigenvalue weighted by atomic mass is 10.2. The maximum atomic E-state index is 12.4. The van der Waals surface area contributed by atoms with Crippen LogP contribution in [0.25, 0.3) is 11.0 Å². The van der Waals surface area contributed by atoms with Crippen molar-refractivity contribution in [2.45, 2.75) is 26.1 Å².